The summed E-state index contributed by atoms with van der Waals surface area (Å²) < 4.78 is 1.71. The standard InChI is InChI=1S/C10H11Br2NO2S/c1-3-7(14)5(2)13-10(15)8-4-6(11)9(12)16-8/h4-5H,3H2,1-2H3,(H,13,15). The van der Waals surface area contributed by atoms with Crippen LogP contribution in [-0.2, 0) is 4.79 Å². The zero-order chi connectivity index (χ0) is 12.3. The molecule has 0 saturated heterocycles. The molecule has 1 atom stereocenters. The second kappa shape index (κ2) is 5.93. The molecule has 1 aromatic rings. The average molecular weight is 369 g/mol. The van der Waals surface area contributed by atoms with Gasteiger partial charge in [0.1, 0.15) is 0 Å². The highest BCUT2D eigenvalue weighted by molar-refractivity contribution is 9.13. The van der Waals surface area contributed by atoms with Gasteiger partial charge in [0.2, 0.25) is 0 Å². The lowest BCUT2D eigenvalue weighted by Crippen LogP contribution is -2.37. The van der Waals surface area contributed by atoms with Crippen molar-refractivity contribution in [2.24, 2.45) is 0 Å². The fraction of sp³-hybridized carbons (Fsp3) is 0.400. The molecule has 0 radical (unpaired) electrons. The molecule has 0 saturated carbocycles. The van der Waals surface area contributed by atoms with Gasteiger partial charge in [0.05, 0.1) is 14.7 Å². The van der Waals surface area contributed by atoms with Crippen molar-refractivity contribution in [3.63, 3.8) is 0 Å². The number of carbonyl (C=O) groups excluding carboxylic acids is 2. The van der Waals surface area contributed by atoms with Gasteiger partial charge in [0.25, 0.3) is 5.91 Å². The van der Waals surface area contributed by atoms with Gasteiger partial charge in [0, 0.05) is 10.9 Å². The summed E-state index contributed by atoms with van der Waals surface area (Å²) in [7, 11) is 0. The predicted octanol–water partition coefficient (Wildman–Crippen LogP) is 3.37. The quantitative estimate of drug-likeness (QED) is 0.885. The molecule has 0 aliphatic carbocycles. The van der Waals surface area contributed by atoms with Crippen LogP contribution < -0.4 is 5.32 Å². The van der Waals surface area contributed by atoms with Gasteiger partial charge < -0.3 is 5.32 Å². The van der Waals surface area contributed by atoms with Crippen LogP contribution in [-0.4, -0.2) is 17.7 Å². The maximum absolute atomic E-state index is 11.7. The molecular formula is C10H11Br2NO2S. The lowest BCUT2D eigenvalue weighted by Gasteiger charge is -2.10. The Bertz CT molecular complexity index is 397. The van der Waals surface area contributed by atoms with E-state index in [0.717, 1.165) is 8.26 Å². The van der Waals surface area contributed by atoms with Gasteiger partial charge in [-0.05, 0) is 44.8 Å². The Labute approximate surface area is 115 Å². The Morgan fingerprint density at radius 2 is 2.12 bits per heavy atom. The first-order chi connectivity index (χ1) is 7.45. The minimum atomic E-state index is -0.433. The van der Waals surface area contributed by atoms with Crippen LogP contribution in [0, 0.1) is 0 Å². The average Bonchev–Trinajstić information content (AvgIpc) is 2.58. The minimum absolute atomic E-state index is 0.0306. The Morgan fingerprint density at radius 1 is 1.50 bits per heavy atom. The molecule has 1 heterocycles. The number of nitrogens with one attached hydrogen (secondary N) is 1. The first-order valence-corrected chi connectivity index (χ1v) is 7.14. The molecule has 1 amide bonds. The van der Waals surface area contributed by atoms with Gasteiger partial charge in [0.15, 0.2) is 5.78 Å². The SMILES string of the molecule is CCC(=O)C(C)NC(=O)c1cc(Br)c(Br)s1. The van der Waals surface area contributed by atoms with E-state index in [9.17, 15) is 9.59 Å². The van der Waals surface area contributed by atoms with E-state index in [1.165, 1.54) is 11.3 Å². The number of thiophene rings is 1. The number of ketones is 1. The van der Waals surface area contributed by atoms with Crippen LogP contribution in [0.2, 0.25) is 0 Å². The number of rotatable bonds is 4. The molecular weight excluding hydrogens is 358 g/mol. The number of halogens is 2. The van der Waals surface area contributed by atoms with E-state index >= 15 is 0 Å². The zero-order valence-corrected chi connectivity index (χ0v) is 12.8. The molecule has 1 unspecified atom stereocenters. The highest BCUT2D eigenvalue weighted by Crippen LogP contribution is 2.32. The second-order valence-electron chi connectivity index (χ2n) is 3.25. The van der Waals surface area contributed by atoms with Crippen LogP contribution in [0.3, 0.4) is 0 Å². The van der Waals surface area contributed by atoms with Gasteiger partial charge in [-0.25, -0.2) is 0 Å². The van der Waals surface area contributed by atoms with Crippen LogP contribution in [0.5, 0.6) is 0 Å². The molecule has 1 aromatic heterocycles. The fourth-order valence-electron chi connectivity index (χ4n) is 1.11. The number of amides is 1. The molecule has 0 spiro atoms. The summed E-state index contributed by atoms with van der Waals surface area (Å²) in [5, 5.41) is 2.67. The van der Waals surface area contributed by atoms with Crippen molar-refractivity contribution in [3.8, 4) is 0 Å². The second-order valence-corrected chi connectivity index (χ2v) is 6.47. The lowest BCUT2D eigenvalue weighted by atomic mass is 10.2. The largest absolute Gasteiger partial charge is 0.342 e. The number of hydrogen-bond donors (Lipinski definition) is 1. The maximum Gasteiger partial charge on any atom is 0.262 e. The molecule has 16 heavy (non-hydrogen) atoms. The lowest BCUT2D eigenvalue weighted by molar-refractivity contribution is -0.120. The normalized spacial score (nSPS) is 12.2. The van der Waals surface area contributed by atoms with Crippen molar-refractivity contribution in [1.82, 2.24) is 5.32 Å². The maximum atomic E-state index is 11.7. The van der Waals surface area contributed by atoms with Crippen LogP contribution in [0.15, 0.2) is 14.3 Å². The highest BCUT2D eigenvalue weighted by Gasteiger charge is 2.17. The van der Waals surface area contributed by atoms with Crippen molar-refractivity contribution in [2.75, 3.05) is 0 Å². The third kappa shape index (κ3) is 3.40. The molecule has 3 nitrogen and oxygen atoms in total. The van der Waals surface area contributed by atoms with Crippen molar-refractivity contribution < 1.29 is 9.59 Å². The first-order valence-electron chi connectivity index (χ1n) is 4.74. The first kappa shape index (κ1) is 13.9. The summed E-state index contributed by atoms with van der Waals surface area (Å²) in [5.74, 6) is -0.186. The molecule has 88 valence electrons. The highest BCUT2D eigenvalue weighted by atomic mass is 79.9. The van der Waals surface area contributed by atoms with Crippen LogP contribution >= 0.6 is 43.2 Å². The molecule has 0 aliphatic rings. The van der Waals surface area contributed by atoms with Crippen LogP contribution in [0.4, 0.5) is 0 Å². The van der Waals surface area contributed by atoms with E-state index in [2.05, 4.69) is 37.2 Å². The molecule has 1 rings (SSSR count). The molecule has 0 aliphatic heterocycles. The molecule has 6 heteroatoms. The Balaban J connectivity index is 2.69. The van der Waals surface area contributed by atoms with Crippen LogP contribution in [0.25, 0.3) is 0 Å². The Kier molecular flexibility index (Phi) is 5.14. The van der Waals surface area contributed by atoms with E-state index in [4.69, 9.17) is 0 Å². The van der Waals surface area contributed by atoms with Crippen LogP contribution in [0.1, 0.15) is 29.9 Å². The van der Waals surface area contributed by atoms with Crippen molar-refractivity contribution >= 4 is 54.9 Å². The molecule has 0 bridgehead atoms. The summed E-state index contributed by atoms with van der Waals surface area (Å²) in [4.78, 5) is 23.6. The zero-order valence-electron chi connectivity index (χ0n) is 8.84. The Morgan fingerprint density at radius 3 is 2.56 bits per heavy atom. The minimum Gasteiger partial charge on any atom is -0.342 e. The van der Waals surface area contributed by atoms with Crippen molar-refractivity contribution in [3.05, 3.63) is 19.2 Å². The smallest absolute Gasteiger partial charge is 0.262 e. The van der Waals surface area contributed by atoms with Gasteiger partial charge in [-0.1, -0.05) is 6.92 Å². The predicted molar refractivity (Wildman–Crippen MR) is 71.9 cm³/mol. The number of hydrogen-bond acceptors (Lipinski definition) is 3. The summed E-state index contributed by atoms with van der Waals surface area (Å²) in [6, 6.07) is 1.30. The third-order valence-corrected chi connectivity index (χ3v) is 5.30. The number of carbonyl (C=O) groups is 2. The van der Waals surface area contributed by atoms with Gasteiger partial charge in [-0.2, -0.15) is 0 Å². The van der Waals surface area contributed by atoms with Crippen molar-refractivity contribution in [2.45, 2.75) is 26.3 Å². The molecule has 0 aromatic carbocycles. The monoisotopic (exact) mass is 367 g/mol. The van der Waals surface area contributed by atoms with Gasteiger partial charge >= 0.3 is 0 Å². The summed E-state index contributed by atoms with van der Waals surface area (Å²) in [6.45, 7) is 3.48. The topological polar surface area (TPSA) is 46.2 Å². The Hall–Kier alpha value is -0.200. The molecule has 1 N–H and O–H groups in total. The summed E-state index contributed by atoms with van der Waals surface area (Å²) in [6.07, 6.45) is 0.430. The molecule has 0 fully saturated rings. The summed E-state index contributed by atoms with van der Waals surface area (Å²) >= 11 is 7.96. The number of Topliss-reactive ketones (excluding diaryl/α,β-unsaturated/α-hetero) is 1. The van der Waals surface area contributed by atoms with Crippen molar-refractivity contribution in [1.29, 1.82) is 0 Å². The van der Waals surface area contributed by atoms with E-state index in [0.29, 0.717) is 11.3 Å². The van der Waals surface area contributed by atoms with Gasteiger partial charge in [-0.3, -0.25) is 9.59 Å². The van der Waals surface area contributed by atoms with E-state index in [-0.39, 0.29) is 11.7 Å². The third-order valence-electron chi connectivity index (χ3n) is 2.05. The van der Waals surface area contributed by atoms with Gasteiger partial charge in [-0.15, -0.1) is 11.3 Å². The van der Waals surface area contributed by atoms with E-state index in [1.807, 2.05) is 0 Å². The van der Waals surface area contributed by atoms with E-state index < -0.39 is 6.04 Å². The fourth-order valence-corrected chi connectivity index (χ4v) is 3.05. The summed E-state index contributed by atoms with van der Waals surface area (Å²) in [5.41, 5.74) is 0. The van der Waals surface area contributed by atoms with E-state index in [1.54, 1.807) is 19.9 Å².